The van der Waals surface area contributed by atoms with Crippen molar-refractivity contribution in [3.05, 3.63) is 39.9 Å². The number of rotatable bonds is 22. The van der Waals surface area contributed by atoms with Crippen LogP contribution >= 0.6 is 0 Å². The third-order valence-electron chi connectivity index (χ3n) is 11.2. The van der Waals surface area contributed by atoms with Gasteiger partial charge in [0.2, 0.25) is 23.6 Å². The second-order valence-corrected chi connectivity index (χ2v) is 16.2. The Labute approximate surface area is 333 Å². The first-order chi connectivity index (χ1) is 26.3. The zero-order valence-corrected chi connectivity index (χ0v) is 35.6. The molecule has 15 heteroatoms. The van der Waals surface area contributed by atoms with E-state index in [-0.39, 0.29) is 66.3 Å². The number of nitro benzene ring substituents is 1. The zero-order valence-electron chi connectivity index (χ0n) is 35.6. The van der Waals surface area contributed by atoms with Crippen molar-refractivity contribution in [1.29, 1.82) is 5.26 Å². The summed E-state index contributed by atoms with van der Waals surface area (Å²) in [6.07, 6.45) is 0.918. The van der Waals surface area contributed by atoms with Crippen molar-refractivity contribution in [2.75, 3.05) is 41.9 Å². The molecule has 0 aromatic heterocycles. The van der Waals surface area contributed by atoms with Crippen molar-refractivity contribution in [2.24, 2.45) is 23.7 Å². The highest BCUT2D eigenvalue weighted by atomic mass is 16.6. The van der Waals surface area contributed by atoms with Crippen LogP contribution in [0.5, 0.6) is 0 Å². The fourth-order valence-electron chi connectivity index (χ4n) is 8.11. The molecule has 0 saturated carbocycles. The van der Waals surface area contributed by atoms with Crippen molar-refractivity contribution >= 4 is 29.3 Å². The van der Waals surface area contributed by atoms with E-state index in [1.807, 2.05) is 60.5 Å². The smallest absolute Gasteiger partial charge is 0.269 e. The van der Waals surface area contributed by atoms with Crippen molar-refractivity contribution in [3.63, 3.8) is 0 Å². The number of likely N-dealkylation sites (N-methyl/N-ethyl adjacent to an activating group) is 2. The van der Waals surface area contributed by atoms with E-state index >= 15 is 0 Å². The maximum atomic E-state index is 14.2. The van der Waals surface area contributed by atoms with Gasteiger partial charge in [-0.3, -0.25) is 34.2 Å². The van der Waals surface area contributed by atoms with Crippen LogP contribution in [0, 0.1) is 45.1 Å². The molecule has 1 aliphatic rings. The first-order valence-corrected chi connectivity index (χ1v) is 19.8. The van der Waals surface area contributed by atoms with E-state index < -0.39 is 53.3 Å². The standard InChI is InChI=1S/C41H67N7O8/c1-13-27(6)37(46(10)41(52)35(25(2)3)44-40(51)36(26(4)5)45(8)9)33(55-11)24-34(49)47-21-15-18-32(47)38(56-12)28(7)39(50)43-30(19-20-42)22-29-16-14-17-31(23-29)48(53)54/h14,16-17,23,25-28,30,32-33,35-38H,13,15,18-19,21-22,24H2,1-12H3,(H,43,50)(H,44,51)/t27-,28+,30+,32-,33+,35?,36-,37-,38+/m0/s1. The Morgan fingerprint density at radius 3 is 2.20 bits per heavy atom. The monoisotopic (exact) mass is 786 g/mol. The number of benzene rings is 1. The number of hydrogen-bond donors (Lipinski definition) is 2. The molecule has 0 aliphatic carbocycles. The Kier molecular flexibility index (Phi) is 19.4. The number of nitrogens with zero attached hydrogens (tertiary/aromatic N) is 5. The maximum Gasteiger partial charge on any atom is 0.269 e. The van der Waals surface area contributed by atoms with E-state index in [4.69, 9.17) is 9.47 Å². The number of amides is 4. The molecule has 314 valence electrons. The van der Waals surface area contributed by atoms with Crippen LogP contribution in [0.1, 0.15) is 86.1 Å². The first kappa shape index (κ1) is 48.0. The van der Waals surface area contributed by atoms with Gasteiger partial charge in [0.1, 0.15) is 6.04 Å². The molecule has 0 spiro atoms. The average Bonchev–Trinajstić information content (AvgIpc) is 3.62. The largest absolute Gasteiger partial charge is 0.379 e. The molecule has 2 N–H and O–H groups in total. The lowest BCUT2D eigenvalue weighted by molar-refractivity contribution is -0.384. The van der Waals surface area contributed by atoms with E-state index in [2.05, 4.69) is 16.7 Å². The normalized spacial score (nSPS) is 18.7. The SMILES string of the molecule is CC[C@H](C)[C@@H]([C@@H](CC(=O)N1CCC[C@H]1[C@H](OC)[C@@H](C)C(=O)N[C@H](CC#N)Cc1cccc([N+](=O)[O-])c1)OC)N(C)C(=O)C(NC(=O)[C@H](C(C)C)N(C)C)C(C)C. The lowest BCUT2D eigenvalue weighted by Gasteiger charge is -2.41. The molecule has 0 bridgehead atoms. The van der Waals surface area contributed by atoms with Crippen LogP contribution in [-0.4, -0.2) is 128 Å². The van der Waals surface area contributed by atoms with Gasteiger partial charge in [-0.2, -0.15) is 5.26 Å². The molecule has 56 heavy (non-hydrogen) atoms. The summed E-state index contributed by atoms with van der Waals surface area (Å²) in [6, 6.07) is 5.50. The molecule has 1 aromatic rings. The third-order valence-corrected chi connectivity index (χ3v) is 11.2. The molecule has 0 radical (unpaired) electrons. The fraction of sp³-hybridized carbons (Fsp3) is 0.732. The molecular weight excluding hydrogens is 718 g/mol. The van der Waals surface area contributed by atoms with Gasteiger partial charge in [0, 0.05) is 46.0 Å². The van der Waals surface area contributed by atoms with E-state index in [1.54, 1.807) is 35.9 Å². The van der Waals surface area contributed by atoms with E-state index in [1.165, 1.54) is 26.4 Å². The quantitative estimate of drug-likeness (QED) is 0.128. The first-order valence-electron chi connectivity index (χ1n) is 19.8. The van der Waals surface area contributed by atoms with Crippen molar-refractivity contribution < 1.29 is 33.6 Å². The van der Waals surface area contributed by atoms with Crippen LogP contribution < -0.4 is 10.6 Å². The highest BCUT2D eigenvalue weighted by molar-refractivity contribution is 5.90. The van der Waals surface area contributed by atoms with Crippen molar-refractivity contribution in [2.45, 2.75) is 129 Å². The van der Waals surface area contributed by atoms with Gasteiger partial charge >= 0.3 is 0 Å². The lowest BCUT2D eigenvalue weighted by atomic mass is 9.89. The molecule has 15 nitrogen and oxygen atoms in total. The van der Waals surface area contributed by atoms with Crippen LogP contribution in [0.2, 0.25) is 0 Å². The van der Waals surface area contributed by atoms with Gasteiger partial charge < -0.3 is 29.9 Å². The van der Waals surface area contributed by atoms with E-state index in [9.17, 15) is 34.6 Å². The summed E-state index contributed by atoms with van der Waals surface area (Å²) in [7, 11) is 8.44. The fourth-order valence-corrected chi connectivity index (χ4v) is 8.11. The number of hydrogen-bond acceptors (Lipinski definition) is 10. The van der Waals surface area contributed by atoms with Gasteiger partial charge in [0.15, 0.2) is 0 Å². The van der Waals surface area contributed by atoms with Gasteiger partial charge in [-0.15, -0.1) is 0 Å². The number of nitrogens with one attached hydrogen (secondary N) is 2. The van der Waals surface area contributed by atoms with Gasteiger partial charge in [0.25, 0.3) is 5.69 Å². The Bertz CT molecular complexity index is 1510. The summed E-state index contributed by atoms with van der Waals surface area (Å²) in [5, 5.41) is 26.7. The molecule has 1 aliphatic heterocycles. The lowest BCUT2D eigenvalue weighted by Crippen LogP contribution is -2.59. The molecule has 9 atom stereocenters. The minimum absolute atomic E-state index is 0.00161. The minimum Gasteiger partial charge on any atom is -0.379 e. The van der Waals surface area contributed by atoms with Crippen LogP contribution in [0.3, 0.4) is 0 Å². The Hall–Kier alpha value is -4.13. The summed E-state index contributed by atoms with van der Waals surface area (Å²) in [5.74, 6) is -1.94. The molecule has 1 unspecified atom stereocenters. The topological polar surface area (TPSA) is 187 Å². The van der Waals surface area contributed by atoms with E-state index in [0.29, 0.717) is 31.4 Å². The Balaban J connectivity index is 2.28. The van der Waals surface area contributed by atoms with Gasteiger partial charge in [-0.05, 0) is 56.7 Å². The Morgan fingerprint density at radius 1 is 1.02 bits per heavy atom. The maximum absolute atomic E-state index is 14.2. The third kappa shape index (κ3) is 12.7. The number of methoxy groups -OCH3 is 2. The summed E-state index contributed by atoms with van der Waals surface area (Å²) < 4.78 is 11.9. The molecule has 4 amide bonds. The van der Waals surface area contributed by atoms with Crippen LogP contribution in [0.15, 0.2) is 24.3 Å². The second-order valence-electron chi connectivity index (χ2n) is 16.2. The van der Waals surface area contributed by atoms with Gasteiger partial charge in [-0.1, -0.05) is 67.0 Å². The number of nitro groups is 1. The summed E-state index contributed by atoms with van der Waals surface area (Å²) >= 11 is 0. The molecular formula is C41H67N7O8. The highest BCUT2D eigenvalue weighted by Gasteiger charge is 2.43. The minimum atomic E-state index is -0.787. The summed E-state index contributed by atoms with van der Waals surface area (Å²) in [4.78, 5) is 71.6. The van der Waals surface area contributed by atoms with Crippen LogP contribution in [-0.2, 0) is 35.1 Å². The molecule has 1 saturated heterocycles. The van der Waals surface area contributed by atoms with Crippen molar-refractivity contribution in [3.8, 4) is 6.07 Å². The molecule has 1 aromatic carbocycles. The summed E-state index contributed by atoms with van der Waals surface area (Å²) in [6.45, 7) is 14.0. The summed E-state index contributed by atoms with van der Waals surface area (Å²) in [5.41, 5.74) is 0.545. The molecule has 1 fully saturated rings. The number of nitriles is 1. The van der Waals surface area contributed by atoms with Crippen molar-refractivity contribution in [1.82, 2.24) is 25.3 Å². The predicted octanol–water partition coefficient (Wildman–Crippen LogP) is 4.18. The number of carbonyl (C=O) groups is 4. The van der Waals surface area contributed by atoms with Gasteiger partial charge in [0.05, 0.1) is 60.1 Å². The average molecular weight is 786 g/mol. The number of likely N-dealkylation sites (tertiary alicyclic amines) is 1. The molecule has 2 rings (SSSR count). The predicted molar refractivity (Wildman–Crippen MR) is 214 cm³/mol. The highest BCUT2D eigenvalue weighted by Crippen LogP contribution is 2.30. The number of carbonyl (C=O) groups excluding carboxylic acids is 4. The number of ether oxygens (including phenoxy) is 2. The number of non-ortho nitro benzene ring substituents is 1. The second kappa shape index (κ2) is 22.6. The van der Waals surface area contributed by atoms with Crippen LogP contribution in [0.4, 0.5) is 5.69 Å². The van der Waals surface area contributed by atoms with Gasteiger partial charge in [-0.25, -0.2) is 0 Å². The zero-order chi connectivity index (χ0) is 42.4. The van der Waals surface area contributed by atoms with E-state index in [0.717, 1.165) is 0 Å². The van der Waals surface area contributed by atoms with Crippen LogP contribution in [0.25, 0.3) is 0 Å². The Morgan fingerprint density at radius 2 is 1.68 bits per heavy atom. The molecule has 1 heterocycles.